The highest BCUT2D eigenvalue weighted by Crippen LogP contribution is 2.24. The Bertz CT molecular complexity index is 346. The predicted molar refractivity (Wildman–Crippen MR) is 66.2 cm³/mol. The molecule has 0 spiro atoms. The number of nitrogens with zero attached hydrogens (tertiary/aromatic N) is 3. The lowest BCUT2D eigenvalue weighted by atomic mass is 10.2. The lowest BCUT2D eigenvalue weighted by Crippen LogP contribution is -2.34. The van der Waals surface area contributed by atoms with Gasteiger partial charge in [0.15, 0.2) is 0 Å². The number of rotatable bonds is 5. The van der Waals surface area contributed by atoms with Gasteiger partial charge in [0.1, 0.15) is 17.3 Å². The molecule has 0 aliphatic heterocycles. The van der Waals surface area contributed by atoms with E-state index in [1.807, 2.05) is 14.0 Å². The molecule has 1 unspecified atom stereocenters. The van der Waals surface area contributed by atoms with Crippen LogP contribution in [0.3, 0.4) is 0 Å². The Morgan fingerprint density at radius 3 is 2.75 bits per heavy atom. The van der Waals surface area contributed by atoms with Crippen molar-refractivity contribution in [3.05, 3.63) is 17.0 Å². The molecule has 0 aliphatic carbocycles. The normalized spacial score (nSPS) is 12.6. The van der Waals surface area contributed by atoms with Crippen LogP contribution in [0, 0.1) is 0 Å². The number of methoxy groups -OCH3 is 1. The molecule has 0 amide bonds. The molecule has 90 valence electrons. The van der Waals surface area contributed by atoms with Gasteiger partial charge in [0.05, 0.1) is 12.6 Å². The summed E-state index contributed by atoms with van der Waals surface area (Å²) < 4.78 is 5.13. The van der Waals surface area contributed by atoms with Crippen LogP contribution in [0.25, 0.3) is 0 Å². The molecule has 0 aliphatic rings. The van der Waals surface area contributed by atoms with Crippen molar-refractivity contribution in [2.45, 2.75) is 26.3 Å². The molecule has 1 atom stereocenters. The Balaban J connectivity index is 2.98. The number of anilines is 1. The van der Waals surface area contributed by atoms with Crippen LogP contribution in [0.5, 0.6) is 0 Å². The fourth-order valence-corrected chi connectivity index (χ4v) is 1.81. The summed E-state index contributed by atoms with van der Waals surface area (Å²) in [7, 11) is 3.68. The molecular weight excluding hydrogens is 226 g/mol. The Labute approximate surface area is 102 Å². The molecule has 1 heterocycles. The lowest BCUT2D eigenvalue weighted by Gasteiger charge is -2.27. The molecule has 1 aromatic heterocycles. The van der Waals surface area contributed by atoms with E-state index in [-0.39, 0.29) is 6.04 Å². The van der Waals surface area contributed by atoms with Gasteiger partial charge in [-0.2, -0.15) is 0 Å². The quantitative estimate of drug-likeness (QED) is 0.743. The number of aromatic nitrogens is 2. The zero-order valence-electron chi connectivity index (χ0n) is 10.2. The molecule has 0 N–H and O–H groups in total. The van der Waals surface area contributed by atoms with Crippen LogP contribution < -0.4 is 4.90 Å². The third-order valence-corrected chi connectivity index (χ3v) is 2.95. The Hall–Kier alpha value is -0.870. The van der Waals surface area contributed by atoms with Crippen molar-refractivity contribution in [3.63, 3.8) is 0 Å². The molecule has 0 saturated carbocycles. The second kappa shape index (κ2) is 6.01. The van der Waals surface area contributed by atoms with Crippen LogP contribution in [-0.2, 0) is 11.2 Å². The van der Waals surface area contributed by atoms with Crippen LogP contribution in [-0.4, -0.2) is 36.8 Å². The van der Waals surface area contributed by atoms with Crippen LogP contribution >= 0.6 is 11.6 Å². The Morgan fingerprint density at radius 2 is 2.19 bits per heavy atom. The van der Waals surface area contributed by atoms with Gasteiger partial charge in [-0.15, -0.1) is 0 Å². The minimum absolute atomic E-state index is 0.251. The van der Waals surface area contributed by atoms with Crippen molar-refractivity contribution in [1.29, 1.82) is 0 Å². The van der Waals surface area contributed by atoms with Crippen molar-refractivity contribution in [2.75, 3.05) is 25.7 Å². The van der Waals surface area contributed by atoms with Crippen LogP contribution in [0.15, 0.2) is 6.33 Å². The van der Waals surface area contributed by atoms with E-state index in [1.54, 1.807) is 7.11 Å². The molecule has 16 heavy (non-hydrogen) atoms. The van der Waals surface area contributed by atoms with Gasteiger partial charge < -0.3 is 9.64 Å². The van der Waals surface area contributed by atoms with Gasteiger partial charge in [0.25, 0.3) is 0 Å². The fraction of sp³-hybridized carbons (Fsp3) is 0.636. The third-order valence-electron chi connectivity index (χ3n) is 2.63. The van der Waals surface area contributed by atoms with E-state index >= 15 is 0 Å². The second-order valence-electron chi connectivity index (χ2n) is 3.74. The number of ether oxygens (including phenoxy) is 1. The minimum atomic E-state index is 0.251. The monoisotopic (exact) mass is 243 g/mol. The van der Waals surface area contributed by atoms with Gasteiger partial charge in [-0.1, -0.05) is 18.5 Å². The number of hydrogen-bond acceptors (Lipinski definition) is 4. The van der Waals surface area contributed by atoms with Crippen molar-refractivity contribution in [1.82, 2.24) is 9.97 Å². The molecule has 5 heteroatoms. The highest BCUT2D eigenvalue weighted by atomic mass is 35.5. The first kappa shape index (κ1) is 13.2. The SMILES string of the molecule is CCc1c(Cl)ncnc1N(C)C(C)COC. The Kier molecular flexibility index (Phi) is 4.96. The summed E-state index contributed by atoms with van der Waals surface area (Å²) in [5.41, 5.74) is 0.981. The summed E-state index contributed by atoms with van der Waals surface area (Å²) in [5.74, 6) is 0.882. The number of likely N-dealkylation sites (N-methyl/N-ethyl adjacent to an activating group) is 1. The zero-order chi connectivity index (χ0) is 12.1. The topological polar surface area (TPSA) is 38.2 Å². The standard InChI is InChI=1S/C11H18ClN3O/c1-5-9-10(12)13-7-14-11(9)15(3)8(2)6-16-4/h7-8H,5-6H2,1-4H3. The molecule has 1 rings (SSSR count). The third kappa shape index (κ3) is 2.83. The van der Waals surface area contributed by atoms with E-state index in [0.717, 1.165) is 17.8 Å². The van der Waals surface area contributed by atoms with Gasteiger partial charge in [-0.05, 0) is 13.3 Å². The molecule has 4 nitrogen and oxygen atoms in total. The van der Waals surface area contributed by atoms with Gasteiger partial charge in [-0.3, -0.25) is 0 Å². The summed E-state index contributed by atoms with van der Waals surface area (Å²) in [5, 5.41) is 0.531. The summed E-state index contributed by atoms with van der Waals surface area (Å²) in [6.07, 6.45) is 2.31. The Morgan fingerprint density at radius 1 is 1.50 bits per heavy atom. The lowest BCUT2D eigenvalue weighted by molar-refractivity contribution is 0.183. The fourth-order valence-electron chi connectivity index (χ4n) is 1.55. The van der Waals surface area contributed by atoms with Crippen molar-refractivity contribution in [3.8, 4) is 0 Å². The largest absolute Gasteiger partial charge is 0.383 e. The first-order valence-corrected chi connectivity index (χ1v) is 5.70. The molecule has 0 bridgehead atoms. The highest BCUT2D eigenvalue weighted by Gasteiger charge is 2.16. The van der Waals surface area contributed by atoms with Gasteiger partial charge >= 0.3 is 0 Å². The van der Waals surface area contributed by atoms with E-state index < -0.39 is 0 Å². The maximum Gasteiger partial charge on any atom is 0.137 e. The average molecular weight is 244 g/mol. The van der Waals surface area contributed by atoms with Crippen LogP contribution in [0.2, 0.25) is 5.15 Å². The van der Waals surface area contributed by atoms with E-state index in [1.165, 1.54) is 6.33 Å². The summed E-state index contributed by atoms with van der Waals surface area (Å²) in [6, 6.07) is 0.251. The average Bonchev–Trinajstić information content (AvgIpc) is 2.28. The first-order chi connectivity index (χ1) is 7.61. The van der Waals surface area contributed by atoms with Gasteiger partial charge in [0, 0.05) is 19.7 Å². The van der Waals surface area contributed by atoms with E-state index in [2.05, 4.69) is 21.8 Å². The first-order valence-electron chi connectivity index (χ1n) is 5.32. The van der Waals surface area contributed by atoms with Crippen LogP contribution in [0.1, 0.15) is 19.4 Å². The minimum Gasteiger partial charge on any atom is -0.383 e. The van der Waals surface area contributed by atoms with E-state index in [4.69, 9.17) is 16.3 Å². The molecule has 1 aromatic rings. The van der Waals surface area contributed by atoms with Crippen molar-refractivity contribution >= 4 is 17.4 Å². The van der Waals surface area contributed by atoms with Gasteiger partial charge in [0.2, 0.25) is 0 Å². The number of halogens is 1. The maximum atomic E-state index is 6.05. The summed E-state index contributed by atoms with van der Waals surface area (Å²) in [4.78, 5) is 10.3. The molecule has 0 saturated heterocycles. The van der Waals surface area contributed by atoms with Crippen LogP contribution in [0.4, 0.5) is 5.82 Å². The van der Waals surface area contributed by atoms with E-state index in [0.29, 0.717) is 11.8 Å². The maximum absolute atomic E-state index is 6.05. The predicted octanol–water partition coefficient (Wildman–Crippen LogP) is 2.16. The number of hydrogen-bond donors (Lipinski definition) is 0. The summed E-state index contributed by atoms with van der Waals surface area (Å²) in [6.45, 7) is 4.78. The second-order valence-corrected chi connectivity index (χ2v) is 4.09. The smallest absolute Gasteiger partial charge is 0.137 e. The molecule has 0 radical (unpaired) electrons. The highest BCUT2D eigenvalue weighted by molar-refractivity contribution is 6.30. The molecule has 0 aromatic carbocycles. The summed E-state index contributed by atoms with van der Waals surface area (Å²) >= 11 is 6.05. The van der Waals surface area contributed by atoms with Crippen molar-refractivity contribution < 1.29 is 4.74 Å². The van der Waals surface area contributed by atoms with E-state index in [9.17, 15) is 0 Å². The van der Waals surface area contributed by atoms with Crippen molar-refractivity contribution in [2.24, 2.45) is 0 Å². The molecule has 0 fully saturated rings. The zero-order valence-corrected chi connectivity index (χ0v) is 11.0. The molecular formula is C11H18ClN3O. The van der Waals surface area contributed by atoms with Gasteiger partial charge in [-0.25, -0.2) is 9.97 Å².